The number of rotatable bonds is 3. The predicted octanol–water partition coefficient (Wildman–Crippen LogP) is 3.54. The number of benzene rings is 2. The molecule has 0 saturated carbocycles. The average molecular weight is 261 g/mol. The van der Waals surface area contributed by atoms with E-state index in [0.29, 0.717) is 17.1 Å². The monoisotopic (exact) mass is 261 g/mol. The minimum absolute atomic E-state index is 0.520. The van der Waals surface area contributed by atoms with Gasteiger partial charge in [-0.05, 0) is 36.4 Å². The van der Waals surface area contributed by atoms with Crippen molar-refractivity contribution in [3.8, 4) is 23.3 Å². The highest BCUT2D eigenvalue weighted by atomic mass is 16.5. The van der Waals surface area contributed by atoms with Crippen LogP contribution in [-0.2, 0) is 0 Å². The number of nitriles is 1. The lowest BCUT2D eigenvalue weighted by atomic mass is 10.2. The fourth-order valence-corrected chi connectivity index (χ4v) is 1.87. The zero-order valence-electron chi connectivity index (χ0n) is 10.6. The fraction of sp³-hybridized carbons (Fsp3) is 0. The van der Waals surface area contributed by atoms with E-state index in [9.17, 15) is 0 Å². The maximum Gasteiger partial charge on any atom is 0.145 e. The molecule has 1 aromatic heterocycles. The molecule has 0 amide bonds. The van der Waals surface area contributed by atoms with Gasteiger partial charge in [0.2, 0.25) is 0 Å². The molecule has 20 heavy (non-hydrogen) atoms. The SMILES string of the molecule is N#Cc1ccccc1Oc1ccc(-n2ccnc2)cc1. The van der Waals surface area contributed by atoms with Crippen LogP contribution in [0.1, 0.15) is 5.56 Å². The second-order valence-electron chi connectivity index (χ2n) is 4.17. The van der Waals surface area contributed by atoms with E-state index in [2.05, 4.69) is 11.1 Å². The van der Waals surface area contributed by atoms with Crippen LogP contribution in [0.25, 0.3) is 5.69 Å². The van der Waals surface area contributed by atoms with Gasteiger partial charge in [-0.2, -0.15) is 5.26 Å². The number of para-hydroxylation sites is 1. The zero-order chi connectivity index (χ0) is 13.8. The lowest BCUT2D eigenvalue weighted by molar-refractivity contribution is 0.481. The van der Waals surface area contributed by atoms with Crippen molar-refractivity contribution in [3.05, 3.63) is 72.8 Å². The van der Waals surface area contributed by atoms with Crippen molar-refractivity contribution in [2.24, 2.45) is 0 Å². The lowest BCUT2D eigenvalue weighted by Crippen LogP contribution is -1.91. The molecule has 3 rings (SSSR count). The van der Waals surface area contributed by atoms with Gasteiger partial charge in [-0.3, -0.25) is 0 Å². The van der Waals surface area contributed by atoms with E-state index in [-0.39, 0.29) is 0 Å². The highest BCUT2D eigenvalue weighted by molar-refractivity contribution is 5.46. The lowest BCUT2D eigenvalue weighted by Gasteiger charge is -2.08. The van der Waals surface area contributed by atoms with Crippen molar-refractivity contribution in [2.45, 2.75) is 0 Å². The van der Waals surface area contributed by atoms with E-state index in [4.69, 9.17) is 10.00 Å². The first-order valence-corrected chi connectivity index (χ1v) is 6.12. The van der Waals surface area contributed by atoms with Crippen molar-refractivity contribution < 1.29 is 4.74 Å². The maximum absolute atomic E-state index is 9.03. The van der Waals surface area contributed by atoms with Gasteiger partial charge in [0.25, 0.3) is 0 Å². The molecule has 0 bridgehead atoms. The molecule has 0 saturated heterocycles. The molecule has 96 valence electrons. The van der Waals surface area contributed by atoms with Crippen molar-refractivity contribution >= 4 is 0 Å². The summed E-state index contributed by atoms with van der Waals surface area (Å²) in [6, 6.07) is 16.9. The summed E-state index contributed by atoms with van der Waals surface area (Å²) in [6.07, 6.45) is 5.34. The third kappa shape index (κ3) is 2.38. The maximum atomic E-state index is 9.03. The van der Waals surface area contributed by atoms with E-state index >= 15 is 0 Å². The van der Waals surface area contributed by atoms with Crippen LogP contribution in [0, 0.1) is 11.3 Å². The van der Waals surface area contributed by atoms with Gasteiger partial charge in [0, 0.05) is 18.1 Å². The number of hydrogen-bond acceptors (Lipinski definition) is 3. The molecule has 0 aliphatic carbocycles. The first-order chi connectivity index (χ1) is 9.86. The number of hydrogen-bond donors (Lipinski definition) is 0. The largest absolute Gasteiger partial charge is 0.456 e. The third-order valence-electron chi connectivity index (χ3n) is 2.87. The van der Waals surface area contributed by atoms with Gasteiger partial charge < -0.3 is 9.30 Å². The van der Waals surface area contributed by atoms with E-state index in [1.54, 1.807) is 24.7 Å². The Morgan fingerprint density at radius 3 is 2.55 bits per heavy atom. The van der Waals surface area contributed by atoms with E-state index in [1.807, 2.05) is 47.2 Å². The molecule has 0 unspecified atom stereocenters. The summed E-state index contributed by atoms with van der Waals surface area (Å²) in [5.74, 6) is 1.25. The Bertz CT molecular complexity index is 740. The van der Waals surface area contributed by atoms with Gasteiger partial charge in [0.05, 0.1) is 11.9 Å². The topological polar surface area (TPSA) is 50.8 Å². The summed E-state index contributed by atoms with van der Waals surface area (Å²) in [7, 11) is 0. The molecular formula is C16H11N3O. The summed E-state index contributed by atoms with van der Waals surface area (Å²) in [5.41, 5.74) is 1.52. The molecule has 2 aromatic carbocycles. The van der Waals surface area contributed by atoms with Crippen LogP contribution in [0.3, 0.4) is 0 Å². The molecule has 0 fully saturated rings. The van der Waals surface area contributed by atoms with Crippen LogP contribution in [0.15, 0.2) is 67.3 Å². The Balaban J connectivity index is 1.84. The number of imidazole rings is 1. The van der Waals surface area contributed by atoms with Gasteiger partial charge in [0.1, 0.15) is 17.6 Å². The van der Waals surface area contributed by atoms with Gasteiger partial charge in [-0.15, -0.1) is 0 Å². The van der Waals surface area contributed by atoms with Crippen LogP contribution in [0.5, 0.6) is 11.5 Å². The first kappa shape index (κ1) is 12.0. The highest BCUT2D eigenvalue weighted by Crippen LogP contribution is 2.25. The van der Waals surface area contributed by atoms with Crippen LogP contribution >= 0.6 is 0 Å². The second kappa shape index (κ2) is 5.29. The van der Waals surface area contributed by atoms with Crippen LogP contribution < -0.4 is 4.74 Å². The predicted molar refractivity (Wildman–Crippen MR) is 74.8 cm³/mol. The molecule has 0 atom stereocenters. The molecule has 1 heterocycles. The number of ether oxygens (including phenoxy) is 1. The van der Waals surface area contributed by atoms with Crippen LogP contribution in [0.2, 0.25) is 0 Å². The van der Waals surface area contributed by atoms with Gasteiger partial charge >= 0.3 is 0 Å². The second-order valence-corrected chi connectivity index (χ2v) is 4.17. The number of aromatic nitrogens is 2. The van der Waals surface area contributed by atoms with E-state index in [1.165, 1.54) is 0 Å². The number of nitrogens with zero attached hydrogens (tertiary/aromatic N) is 3. The molecule has 0 aliphatic heterocycles. The van der Waals surface area contributed by atoms with Gasteiger partial charge in [-0.1, -0.05) is 12.1 Å². The molecule has 0 radical (unpaired) electrons. The molecule has 3 aromatic rings. The van der Waals surface area contributed by atoms with Crippen molar-refractivity contribution in [3.63, 3.8) is 0 Å². The first-order valence-electron chi connectivity index (χ1n) is 6.12. The standard InChI is InChI=1S/C16H11N3O/c17-11-13-3-1-2-4-16(13)20-15-7-5-14(6-8-15)19-10-9-18-12-19/h1-10,12H. The quantitative estimate of drug-likeness (QED) is 0.724. The average Bonchev–Trinajstić information content (AvgIpc) is 3.03. The van der Waals surface area contributed by atoms with Crippen molar-refractivity contribution in [1.82, 2.24) is 9.55 Å². The minimum atomic E-state index is 0.520. The summed E-state index contributed by atoms with van der Waals surface area (Å²) < 4.78 is 7.64. The molecule has 4 heteroatoms. The smallest absolute Gasteiger partial charge is 0.145 e. The molecule has 4 nitrogen and oxygen atoms in total. The van der Waals surface area contributed by atoms with Crippen molar-refractivity contribution in [1.29, 1.82) is 5.26 Å². The Hall–Kier alpha value is -3.06. The summed E-state index contributed by atoms with van der Waals surface area (Å²) >= 11 is 0. The van der Waals surface area contributed by atoms with Crippen molar-refractivity contribution in [2.75, 3.05) is 0 Å². The minimum Gasteiger partial charge on any atom is -0.456 e. The fourth-order valence-electron chi connectivity index (χ4n) is 1.87. The normalized spacial score (nSPS) is 9.95. The van der Waals surface area contributed by atoms with Crippen LogP contribution in [-0.4, -0.2) is 9.55 Å². The summed E-state index contributed by atoms with van der Waals surface area (Å²) in [4.78, 5) is 4.01. The Labute approximate surface area is 116 Å². The Kier molecular flexibility index (Phi) is 3.17. The molecule has 0 spiro atoms. The van der Waals surface area contributed by atoms with Gasteiger partial charge in [0.15, 0.2) is 0 Å². The Morgan fingerprint density at radius 2 is 1.85 bits per heavy atom. The summed E-state index contributed by atoms with van der Waals surface area (Å²) in [6.45, 7) is 0. The zero-order valence-corrected chi connectivity index (χ0v) is 10.6. The molecular weight excluding hydrogens is 250 g/mol. The van der Waals surface area contributed by atoms with Crippen LogP contribution in [0.4, 0.5) is 0 Å². The van der Waals surface area contributed by atoms with Gasteiger partial charge in [-0.25, -0.2) is 4.98 Å². The summed E-state index contributed by atoms with van der Waals surface area (Å²) in [5, 5.41) is 9.03. The third-order valence-corrected chi connectivity index (χ3v) is 2.87. The Morgan fingerprint density at radius 1 is 1.05 bits per heavy atom. The van der Waals surface area contributed by atoms with E-state index < -0.39 is 0 Å². The van der Waals surface area contributed by atoms with E-state index in [0.717, 1.165) is 5.69 Å². The molecule has 0 aliphatic rings. The highest BCUT2D eigenvalue weighted by Gasteiger charge is 2.03. The molecule has 0 N–H and O–H groups in total.